The van der Waals surface area contributed by atoms with Gasteiger partial charge >= 0.3 is 12.2 Å². The van der Waals surface area contributed by atoms with Crippen LogP contribution in [0.2, 0.25) is 0 Å². The highest BCUT2D eigenvalue weighted by atomic mass is 19.4. The Hall–Kier alpha value is -3.33. The number of hydrogen-bond acceptors (Lipinski definition) is 3. The summed E-state index contributed by atoms with van der Waals surface area (Å²) in [6.45, 7) is 0.949. The van der Waals surface area contributed by atoms with Gasteiger partial charge in [0.1, 0.15) is 5.82 Å². The maximum atomic E-state index is 13.3. The summed E-state index contributed by atoms with van der Waals surface area (Å²) in [7, 11) is 0. The number of hydrogen-bond donors (Lipinski definition) is 2. The van der Waals surface area contributed by atoms with Crippen LogP contribution in [0.15, 0.2) is 60.7 Å². The minimum Gasteiger partial charge on any atom is -0.333 e. The Morgan fingerprint density at radius 3 is 2.43 bits per heavy atom. The van der Waals surface area contributed by atoms with Crippen LogP contribution in [-0.4, -0.2) is 52.1 Å². The lowest BCUT2D eigenvalue weighted by Gasteiger charge is -2.27. The highest BCUT2D eigenvalue weighted by molar-refractivity contribution is 5.90. The quantitative estimate of drug-likeness (QED) is 0.543. The first kappa shape index (κ1) is 23.4. The fourth-order valence-electron chi connectivity index (χ4n) is 5.34. The van der Waals surface area contributed by atoms with E-state index in [1.807, 2.05) is 60.7 Å². The largest absolute Gasteiger partial charge is 0.401 e. The Morgan fingerprint density at radius 1 is 1.06 bits per heavy atom. The van der Waals surface area contributed by atoms with Crippen molar-refractivity contribution in [1.82, 2.24) is 20.0 Å². The Kier molecular flexibility index (Phi) is 6.27. The van der Waals surface area contributed by atoms with E-state index in [9.17, 15) is 18.0 Å². The van der Waals surface area contributed by atoms with E-state index in [2.05, 4.69) is 10.6 Å². The molecule has 0 bridgehead atoms. The van der Waals surface area contributed by atoms with Crippen molar-refractivity contribution >= 4 is 11.8 Å². The number of amides is 2. The molecule has 0 radical (unpaired) electrons. The van der Waals surface area contributed by atoms with E-state index < -0.39 is 30.8 Å². The molecule has 1 aliphatic carbocycles. The molecule has 3 atom stereocenters. The van der Waals surface area contributed by atoms with Crippen molar-refractivity contribution < 1.29 is 18.0 Å². The predicted molar refractivity (Wildman–Crippen MR) is 128 cm³/mol. The topological polar surface area (TPSA) is 62.2 Å². The standard InChI is InChI=1S/C26H28F3N5O/c1-17-23(21(18-9-4-2-5-10-18)15-33(17)16-26(27,28)29)30-25(35)31-24-20-13-8-14-22(20)32-34(24)19-11-6-3-7-12-19/h2-7,9-12,17,21,23H,8,13-16H2,1H3,(H2,30,31,35)/t17-,21+,23-/m1/s1. The second kappa shape index (κ2) is 9.37. The van der Waals surface area contributed by atoms with Gasteiger partial charge in [0.05, 0.1) is 24.0 Å². The van der Waals surface area contributed by atoms with E-state index in [4.69, 9.17) is 5.10 Å². The third kappa shape index (κ3) is 4.91. The number of anilines is 1. The molecule has 6 nitrogen and oxygen atoms in total. The molecule has 1 fully saturated rings. The molecule has 1 saturated heterocycles. The van der Waals surface area contributed by atoms with Crippen LogP contribution in [0.3, 0.4) is 0 Å². The monoisotopic (exact) mass is 483 g/mol. The normalized spacial score (nSPS) is 22.2. The van der Waals surface area contributed by atoms with Gasteiger partial charge < -0.3 is 5.32 Å². The van der Waals surface area contributed by atoms with Crippen molar-refractivity contribution in [3.8, 4) is 5.69 Å². The minimum absolute atomic E-state index is 0.215. The smallest absolute Gasteiger partial charge is 0.333 e. The van der Waals surface area contributed by atoms with E-state index in [1.54, 1.807) is 11.6 Å². The number of halogens is 3. The summed E-state index contributed by atoms with van der Waals surface area (Å²) < 4.78 is 41.4. The number of urea groups is 1. The molecule has 35 heavy (non-hydrogen) atoms. The van der Waals surface area contributed by atoms with Gasteiger partial charge in [0.25, 0.3) is 0 Å². The van der Waals surface area contributed by atoms with Gasteiger partial charge in [-0.15, -0.1) is 0 Å². The number of nitrogens with one attached hydrogen (secondary N) is 2. The summed E-state index contributed by atoms with van der Waals surface area (Å²) in [6.07, 6.45) is -1.65. The molecule has 2 aliphatic rings. The number of likely N-dealkylation sites (tertiary alicyclic amines) is 1. The van der Waals surface area contributed by atoms with Crippen molar-refractivity contribution in [1.29, 1.82) is 0 Å². The van der Waals surface area contributed by atoms with E-state index in [0.717, 1.165) is 41.8 Å². The van der Waals surface area contributed by atoms with Crippen LogP contribution < -0.4 is 10.6 Å². The number of para-hydroxylation sites is 1. The van der Waals surface area contributed by atoms with Crippen molar-refractivity contribution in [2.24, 2.45) is 0 Å². The molecule has 2 aromatic carbocycles. The maximum Gasteiger partial charge on any atom is 0.401 e. The summed E-state index contributed by atoms with van der Waals surface area (Å²) in [4.78, 5) is 14.7. The lowest BCUT2D eigenvalue weighted by Crippen LogP contribution is -2.48. The number of aromatic nitrogens is 2. The van der Waals surface area contributed by atoms with Gasteiger partial charge in [0.15, 0.2) is 0 Å². The van der Waals surface area contributed by atoms with Crippen LogP contribution in [0, 0.1) is 0 Å². The lowest BCUT2D eigenvalue weighted by atomic mass is 9.92. The molecule has 0 spiro atoms. The molecule has 2 amide bonds. The van der Waals surface area contributed by atoms with Crippen molar-refractivity contribution in [3.63, 3.8) is 0 Å². The molecule has 9 heteroatoms. The number of carbonyl (C=O) groups is 1. The predicted octanol–water partition coefficient (Wildman–Crippen LogP) is 4.90. The van der Waals surface area contributed by atoms with E-state index >= 15 is 0 Å². The first-order chi connectivity index (χ1) is 16.8. The van der Waals surface area contributed by atoms with Crippen molar-refractivity contribution in [3.05, 3.63) is 77.5 Å². The molecule has 1 aliphatic heterocycles. The van der Waals surface area contributed by atoms with E-state index in [1.165, 1.54) is 4.90 Å². The van der Waals surface area contributed by atoms with Crippen LogP contribution in [-0.2, 0) is 12.8 Å². The Bertz CT molecular complexity index is 1180. The highest BCUT2D eigenvalue weighted by Crippen LogP contribution is 2.35. The molecular weight excluding hydrogens is 455 g/mol. The fourth-order valence-corrected chi connectivity index (χ4v) is 5.34. The molecule has 184 valence electrons. The molecule has 2 N–H and O–H groups in total. The Morgan fingerprint density at radius 2 is 1.74 bits per heavy atom. The number of carbonyl (C=O) groups excluding carboxylic acids is 1. The minimum atomic E-state index is -4.31. The van der Waals surface area contributed by atoms with Crippen LogP contribution >= 0.6 is 0 Å². The van der Waals surface area contributed by atoms with Crippen LogP contribution in [0.25, 0.3) is 5.69 Å². The summed E-state index contributed by atoms with van der Waals surface area (Å²) in [5.41, 5.74) is 3.73. The molecule has 0 unspecified atom stereocenters. The maximum absolute atomic E-state index is 13.3. The zero-order valence-corrected chi connectivity index (χ0v) is 19.4. The Labute approximate surface area is 202 Å². The van der Waals surface area contributed by atoms with E-state index in [-0.39, 0.29) is 12.5 Å². The first-order valence-corrected chi connectivity index (χ1v) is 11.9. The molecule has 5 rings (SSSR count). The third-order valence-electron chi connectivity index (χ3n) is 7.01. The van der Waals surface area contributed by atoms with Crippen molar-refractivity contribution in [2.45, 2.75) is 50.4 Å². The van der Waals surface area contributed by atoms with Gasteiger partial charge in [-0.2, -0.15) is 18.3 Å². The number of fused-ring (bicyclic) bond motifs is 1. The number of nitrogens with zero attached hydrogens (tertiary/aromatic N) is 3. The van der Waals surface area contributed by atoms with Gasteiger partial charge in [0.2, 0.25) is 0 Å². The number of alkyl halides is 3. The van der Waals surface area contributed by atoms with Gasteiger partial charge in [0, 0.05) is 24.1 Å². The molecule has 0 saturated carbocycles. The molecule has 1 aromatic heterocycles. The SMILES string of the molecule is C[C@@H]1[C@@H](NC(=O)Nc2c3c(nn2-c2ccccc2)CCC3)[C@H](c2ccccc2)CN1CC(F)(F)F. The zero-order chi connectivity index (χ0) is 24.6. The van der Waals surface area contributed by atoms with Gasteiger partial charge in [-0.1, -0.05) is 48.5 Å². The van der Waals surface area contributed by atoms with Gasteiger partial charge in [-0.3, -0.25) is 10.2 Å². The van der Waals surface area contributed by atoms with Crippen LogP contribution in [0.5, 0.6) is 0 Å². The van der Waals surface area contributed by atoms with Gasteiger partial charge in [-0.25, -0.2) is 9.48 Å². The molecule has 2 heterocycles. The number of rotatable bonds is 5. The average molecular weight is 484 g/mol. The van der Waals surface area contributed by atoms with Gasteiger partial charge in [-0.05, 0) is 43.9 Å². The lowest BCUT2D eigenvalue weighted by molar-refractivity contribution is -0.147. The summed E-state index contributed by atoms with van der Waals surface area (Å²) in [6, 6.07) is 17.6. The number of benzene rings is 2. The molecule has 3 aromatic rings. The van der Waals surface area contributed by atoms with E-state index in [0.29, 0.717) is 5.82 Å². The fraction of sp³-hybridized carbons (Fsp3) is 0.385. The summed E-state index contributed by atoms with van der Waals surface area (Å²) in [5, 5.41) is 10.7. The first-order valence-electron chi connectivity index (χ1n) is 11.9. The highest BCUT2D eigenvalue weighted by Gasteiger charge is 2.45. The van der Waals surface area contributed by atoms with Crippen LogP contribution in [0.1, 0.15) is 36.1 Å². The zero-order valence-electron chi connectivity index (χ0n) is 19.4. The average Bonchev–Trinajstić information content (AvgIpc) is 3.50. The molecular formula is C26H28F3N5O. The van der Waals surface area contributed by atoms with Crippen LogP contribution in [0.4, 0.5) is 23.8 Å². The third-order valence-corrected chi connectivity index (χ3v) is 7.01. The number of aryl methyl sites for hydroxylation is 1. The van der Waals surface area contributed by atoms with Crippen molar-refractivity contribution in [2.75, 3.05) is 18.4 Å². The second-order valence-corrected chi connectivity index (χ2v) is 9.30. The second-order valence-electron chi connectivity index (χ2n) is 9.30. The summed E-state index contributed by atoms with van der Waals surface area (Å²) >= 11 is 0. The summed E-state index contributed by atoms with van der Waals surface area (Å²) in [5.74, 6) is 0.360. The Balaban J connectivity index is 1.40.